The predicted octanol–water partition coefficient (Wildman–Crippen LogP) is 1.68. The maximum atomic E-state index is 12.8. The molecule has 1 aliphatic rings. The van der Waals surface area contributed by atoms with Crippen LogP contribution in [0.15, 0.2) is 40.7 Å². The third kappa shape index (κ3) is 4.98. The summed E-state index contributed by atoms with van der Waals surface area (Å²) >= 11 is 6.03. The molecule has 3 heterocycles. The molecular weight excluding hydrogens is 411 g/mol. The van der Waals surface area contributed by atoms with Crippen molar-refractivity contribution in [2.24, 2.45) is 11.6 Å². The summed E-state index contributed by atoms with van der Waals surface area (Å²) in [6, 6.07) is 3.12. The molecule has 2 aromatic heterocycles. The lowest BCUT2D eigenvalue weighted by atomic mass is 10.1. The van der Waals surface area contributed by atoms with Gasteiger partial charge in [-0.05, 0) is 11.6 Å². The number of rotatable bonds is 5. The Bertz CT molecular complexity index is 976. The Labute approximate surface area is 168 Å². The molecule has 0 saturated heterocycles. The van der Waals surface area contributed by atoms with Gasteiger partial charge in [0.05, 0.1) is 42.8 Å². The van der Waals surface area contributed by atoms with Crippen molar-refractivity contribution in [1.29, 1.82) is 0 Å². The van der Waals surface area contributed by atoms with E-state index < -0.39 is 18.2 Å². The number of aromatic amines is 1. The van der Waals surface area contributed by atoms with Crippen LogP contribution in [0.1, 0.15) is 17.7 Å². The summed E-state index contributed by atoms with van der Waals surface area (Å²) in [7, 11) is 0. The van der Waals surface area contributed by atoms with E-state index in [4.69, 9.17) is 23.2 Å². The second-order valence-electron chi connectivity index (χ2n) is 6.57. The molecule has 8 nitrogen and oxygen atoms in total. The molecule has 3 rings (SSSR count). The first-order valence-electron chi connectivity index (χ1n) is 8.63. The van der Waals surface area contributed by atoms with E-state index in [1.165, 1.54) is 17.4 Å². The molecule has 0 aliphatic carbocycles. The summed E-state index contributed by atoms with van der Waals surface area (Å²) in [5.74, 6) is 6.12. The minimum atomic E-state index is -4.37. The molecule has 0 radical (unpaired) electrons. The van der Waals surface area contributed by atoms with Crippen LogP contribution in [0.3, 0.4) is 0 Å². The lowest BCUT2D eigenvalue weighted by molar-refractivity contribution is -0.128. The van der Waals surface area contributed by atoms with Gasteiger partial charge in [0, 0.05) is 24.9 Å². The van der Waals surface area contributed by atoms with E-state index in [1.807, 2.05) is 0 Å². The van der Waals surface area contributed by atoms with Crippen LogP contribution in [0.5, 0.6) is 0 Å². The van der Waals surface area contributed by atoms with Crippen LogP contribution in [0.25, 0.3) is 0 Å². The van der Waals surface area contributed by atoms with Crippen LogP contribution in [0.4, 0.5) is 18.9 Å². The SMILES string of the molecule is NC1=C(N(N)Cc2cccnc2CC(F)(F)F)CCN(c2cn[nH]c(=O)c2Cl)C1. The van der Waals surface area contributed by atoms with Crippen LogP contribution >= 0.6 is 11.6 Å². The van der Waals surface area contributed by atoms with E-state index in [2.05, 4.69) is 15.2 Å². The van der Waals surface area contributed by atoms with Gasteiger partial charge in [0.15, 0.2) is 0 Å². The number of nitrogens with two attached hydrogens (primary N) is 2. The van der Waals surface area contributed by atoms with E-state index in [-0.39, 0.29) is 23.8 Å². The van der Waals surface area contributed by atoms with Crippen molar-refractivity contribution in [3.63, 3.8) is 0 Å². The van der Waals surface area contributed by atoms with Gasteiger partial charge in [0.25, 0.3) is 5.56 Å². The molecule has 0 amide bonds. The van der Waals surface area contributed by atoms with E-state index >= 15 is 0 Å². The number of anilines is 1. The second-order valence-corrected chi connectivity index (χ2v) is 6.95. The summed E-state index contributed by atoms with van der Waals surface area (Å²) in [4.78, 5) is 17.3. The zero-order valence-electron chi connectivity index (χ0n) is 15.2. The van der Waals surface area contributed by atoms with Crippen LogP contribution < -0.4 is 22.0 Å². The minimum Gasteiger partial charge on any atom is -0.399 e. The molecule has 2 aromatic rings. The van der Waals surface area contributed by atoms with Crippen LogP contribution in [0, 0.1) is 0 Å². The largest absolute Gasteiger partial charge is 0.399 e. The smallest absolute Gasteiger partial charge is 0.394 e. The Morgan fingerprint density at radius 2 is 2.14 bits per heavy atom. The number of nitrogens with one attached hydrogen (secondary N) is 1. The Morgan fingerprint density at radius 1 is 1.38 bits per heavy atom. The third-order valence-corrected chi connectivity index (χ3v) is 4.87. The zero-order valence-corrected chi connectivity index (χ0v) is 16.0. The lowest BCUT2D eigenvalue weighted by Gasteiger charge is -2.34. The van der Waals surface area contributed by atoms with Gasteiger partial charge < -0.3 is 15.6 Å². The number of hydrogen-bond donors (Lipinski definition) is 3. The Balaban J connectivity index is 1.77. The van der Waals surface area contributed by atoms with Crippen molar-refractivity contribution in [3.8, 4) is 0 Å². The molecule has 0 unspecified atom stereocenters. The van der Waals surface area contributed by atoms with Crippen molar-refractivity contribution in [1.82, 2.24) is 20.2 Å². The first-order valence-corrected chi connectivity index (χ1v) is 9.01. The van der Waals surface area contributed by atoms with Gasteiger partial charge in [0.2, 0.25) is 0 Å². The van der Waals surface area contributed by atoms with E-state index in [0.29, 0.717) is 35.6 Å². The monoisotopic (exact) mass is 429 g/mol. The van der Waals surface area contributed by atoms with Gasteiger partial charge in [-0.3, -0.25) is 9.78 Å². The van der Waals surface area contributed by atoms with Gasteiger partial charge in [-0.2, -0.15) is 18.3 Å². The molecule has 156 valence electrons. The molecule has 29 heavy (non-hydrogen) atoms. The molecule has 12 heteroatoms. The number of alkyl halides is 3. The molecule has 0 aromatic carbocycles. The van der Waals surface area contributed by atoms with Gasteiger partial charge in [0.1, 0.15) is 5.02 Å². The average Bonchev–Trinajstić information content (AvgIpc) is 2.64. The van der Waals surface area contributed by atoms with Crippen molar-refractivity contribution < 1.29 is 13.2 Å². The topological polar surface area (TPSA) is 117 Å². The first-order chi connectivity index (χ1) is 13.7. The van der Waals surface area contributed by atoms with Crippen molar-refractivity contribution >= 4 is 17.3 Å². The Morgan fingerprint density at radius 3 is 2.83 bits per heavy atom. The number of halogens is 4. The van der Waals surface area contributed by atoms with Crippen molar-refractivity contribution in [3.05, 3.63) is 62.6 Å². The highest BCUT2D eigenvalue weighted by Crippen LogP contribution is 2.27. The fourth-order valence-electron chi connectivity index (χ4n) is 3.15. The summed E-state index contributed by atoms with van der Waals surface area (Å²) in [6.07, 6.45) is -2.33. The Kier molecular flexibility index (Phi) is 5.99. The number of aromatic nitrogens is 3. The number of H-pyrrole nitrogens is 1. The summed E-state index contributed by atoms with van der Waals surface area (Å²) in [5, 5.41) is 7.33. The molecule has 1 aliphatic heterocycles. The van der Waals surface area contributed by atoms with Crippen LogP contribution in [-0.4, -0.2) is 39.5 Å². The molecular formula is C17H19ClF3N7O. The summed E-state index contributed by atoms with van der Waals surface area (Å²) in [5.41, 5.74) is 7.43. The van der Waals surface area contributed by atoms with Gasteiger partial charge in [-0.25, -0.2) is 10.9 Å². The molecule has 0 atom stereocenters. The fourth-order valence-corrected chi connectivity index (χ4v) is 3.36. The number of hydrogen-bond acceptors (Lipinski definition) is 7. The van der Waals surface area contributed by atoms with E-state index in [1.54, 1.807) is 17.0 Å². The van der Waals surface area contributed by atoms with Gasteiger partial charge >= 0.3 is 6.18 Å². The van der Waals surface area contributed by atoms with Crippen LogP contribution in [0.2, 0.25) is 5.02 Å². The van der Waals surface area contributed by atoms with Crippen molar-refractivity contribution in [2.75, 3.05) is 18.0 Å². The van der Waals surface area contributed by atoms with E-state index in [9.17, 15) is 18.0 Å². The second kappa shape index (κ2) is 8.29. The number of hydrazine groups is 1. The zero-order chi connectivity index (χ0) is 21.2. The van der Waals surface area contributed by atoms with E-state index in [0.717, 1.165) is 0 Å². The molecule has 0 saturated carbocycles. The highest BCUT2D eigenvalue weighted by Gasteiger charge is 2.30. The fraction of sp³-hybridized carbons (Fsp3) is 0.353. The highest BCUT2D eigenvalue weighted by atomic mass is 35.5. The quantitative estimate of drug-likeness (QED) is 0.489. The molecule has 0 bridgehead atoms. The number of pyridine rings is 1. The molecule has 0 fully saturated rings. The maximum Gasteiger partial charge on any atom is 0.394 e. The first kappa shape index (κ1) is 20.9. The van der Waals surface area contributed by atoms with Crippen LogP contribution in [-0.2, 0) is 13.0 Å². The third-order valence-electron chi connectivity index (χ3n) is 4.51. The normalized spacial score (nSPS) is 15.0. The minimum absolute atomic E-state index is 0.00741. The predicted molar refractivity (Wildman–Crippen MR) is 102 cm³/mol. The van der Waals surface area contributed by atoms with Gasteiger partial charge in [-0.15, -0.1) is 0 Å². The van der Waals surface area contributed by atoms with Gasteiger partial charge in [-0.1, -0.05) is 17.7 Å². The lowest BCUT2D eigenvalue weighted by Crippen LogP contribution is -2.42. The molecule has 0 spiro atoms. The number of nitrogens with zero attached hydrogens (tertiary/aromatic N) is 4. The standard InChI is InChI=1S/C17H19ClF3N7O/c18-15-14(7-25-26-16(15)29)27-5-3-13(11(22)9-27)28(23)8-10-2-1-4-24-12(10)6-17(19,20)21/h1-2,4,7H,3,5-6,8-9,22-23H2,(H,26,29). The summed E-state index contributed by atoms with van der Waals surface area (Å²) < 4.78 is 38.3. The Hall–Kier alpha value is -2.79. The highest BCUT2D eigenvalue weighted by molar-refractivity contribution is 6.33. The maximum absolute atomic E-state index is 12.8. The average molecular weight is 430 g/mol. The molecule has 5 N–H and O–H groups in total. The summed E-state index contributed by atoms with van der Waals surface area (Å²) in [6.45, 7) is 0.732. The van der Waals surface area contributed by atoms with Crippen molar-refractivity contribution in [2.45, 2.75) is 25.6 Å².